The maximum absolute atomic E-state index is 14.0. The molecule has 11 nitrogen and oxygen atoms in total. The number of amides is 2. The van der Waals surface area contributed by atoms with E-state index in [0.29, 0.717) is 29.5 Å². The van der Waals surface area contributed by atoms with Gasteiger partial charge in [-0.05, 0) is 49.1 Å². The minimum absolute atomic E-state index is 0.129. The first-order valence-electron chi connectivity index (χ1n) is 14.4. The smallest absolute Gasteiger partial charge is 0.408 e. The zero-order chi connectivity index (χ0) is 29.3. The summed E-state index contributed by atoms with van der Waals surface area (Å²) >= 11 is 0. The van der Waals surface area contributed by atoms with Crippen molar-refractivity contribution in [3.8, 4) is 11.6 Å². The molecule has 1 unspecified atom stereocenters. The van der Waals surface area contributed by atoms with Crippen molar-refractivity contribution < 1.29 is 33.3 Å². The predicted molar refractivity (Wildman–Crippen MR) is 150 cm³/mol. The van der Waals surface area contributed by atoms with Gasteiger partial charge in [-0.25, -0.2) is 19.6 Å². The largest absolute Gasteiger partial charge is 0.497 e. The number of fused-ring (bicyclic) bond motifs is 5. The molecule has 2 bridgehead atoms. The summed E-state index contributed by atoms with van der Waals surface area (Å²) in [6.45, 7) is 5.72. The highest BCUT2D eigenvalue weighted by atomic mass is 16.6. The average Bonchev–Trinajstić information content (AvgIpc) is 3.53. The summed E-state index contributed by atoms with van der Waals surface area (Å²) < 4.78 is 22.5. The van der Waals surface area contributed by atoms with Crippen LogP contribution < -0.4 is 14.8 Å². The second-order valence-electron chi connectivity index (χ2n) is 12.3. The number of benzene rings is 1. The second-order valence-corrected chi connectivity index (χ2v) is 12.3. The monoisotopic (exact) mass is 568 g/mol. The molecule has 1 saturated carbocycles. The molecule has 2 aromatic rings. The summed E-state index contributed by atoms with van der Waals surface area (Å²) in [6.07, 6.45) is 4.35. The minimum atomic E-state index is -0.916. The molecular weight excluding hydrogens is 528 g/mol. The molecule has 2 amide bonds. The maximum atomic E-state index is 14.0. The quantitative estimate of drug-likeness (QED) is 0.538. The lowest BCUT2D eigenvalue weighted by Crippen LogP contribution is -2.57. The third-order valence-electron chi connectivity index (χ3n) is 8.18. The van der Waals surface area contributed by atoms with Crippen molar-refractivity contribution in [2.75, 3.05) is 20.8 Å². The number of carbonyl (C=O) groups excluding carboxylic acids is 3. The number of hydrogen-bond donors (Lipinski definition) is 1. The number of rotatable bonds is 2. The Morgan fingerprint density at radius 3 is 2.59 bits per heavy atom. The number of nitrogens with zero attached hydrogens (tertiary/aromatic N) is 3. The highest BCUT2D eigenvalue weighted by Gasteiger charge is 2.47. The Balaban J connectivity index is 1.49. The molecule has 2 aliphatic heterocycles. The number of alkyl carbamates (subject to hydrolysis) is 1. The van der Waals surface area contributed by atoms with E-state index in [1.165, 1.54) is 12.0 Å². The van der Waals surface area contributed by atoms with E-state index in [0.717, 1.165) is 43.3 Å². The van der Waals surface area contributed by atoms with Crippen LogP contribution in [0, 0.1) is 11.3 Å². The molecular formula is C30H40N4O7. The fraction of sp³-hybridized carbons (Fsp3) is 0.633. The number of ether oxygens (including phenoxy) is 4. The van der Waals surface area contributed by atoms with Crippen LogP contribution in [0.5, 0.6) is 11.6 Å². The Hall–Kier alpha value is -3.63. The lowest BCUT2D eigenvalue weighted by atomic mass is 9.85. The van der Waals surface area contributed by atoms with Crippen molar-refractivity contribution in [3.05, 3.63) is 23.9 Å². The highest BCUT2D eigenvalue weighted by Crippen LogP contribution is 2.39. The number of methoxy groups -OCH3 is 2. The van der Waals surface area contributed by atoms with E-state index in [2.05, 4.69) is 5.32 Å². The van der Waals surface area contributed by atoms with Crippen LogP contribution in [-0.2, 0) is 25.5 Å². The number of aromatic nitrogens is 2. The Morgan fingerprint density at radius 2 is 1.85 bits per heavy atom. The molecule has 5 rings (SSSR count). The van der Waals surface area contributed by atoms with Gasteiger partial charge in [0.2, 0.25) is 11.8 Å². The summed E-state index contributed by atoms with van der Waals surface area (Å²) in [5.41, 5.74) is 1.48. The number of hydrogen-bond acceptors (Lipinski definition) is 9. The third-order valence-corrected chi connectivity index (χ3v) is 8.18. The van der Waals surface area contributed by atoms with Gasteiger partial charge in [0, 0.05) is 12.5 Å². The van der Waals surface area contributed by atoms with Gasteiger partial charge in [0.05, 0.1) is 31.8 Å². The van der Waals surface area contributed by atoms with E-state index in [1.807, 2.05) is 39.0 Å². The summed E-state index contributed by atoms with van der Waals surface area (Å²) in [5, 5.41) is 2.80. The van der Waals surface area contributed by atoms with E-state index in [-0.39, 0.29) is 25.0 Å². The first kappa shape index (κ1) is 28.9. The van der Waals surface area contributed by atoms with Crippen molar-refractivity contribution in [1.82, 2.24) is 20.2 Å². The minimum Gasteiger partial charge on any atom is -0.497 e. The van der Waals surface area contributed by atoms with Gasteiger partial charge < -0.3 is 29.2 Å². The van der Waals surface area contributed by atoms with Gasteiger partial charge in [-0.1, -0.05) is 33.6 Å². The zero-order valence-corrected chi connectivity index (χ0v) is 24.5. The Labute approximate surface area is 240 Å². The fourth-order valence-electron chi connectivity index (χ4n) is 5.73. The summed E-state index contributed by atoms with van der Waals surface area (Å²) in [5.74, 6) is 0.458. The molecule has 0 radical (unpaired) electrons. The normalized spacial score (nSPS) is 27.3. The molecule has 1 aromatic heterocycles. The molecule has 11 heteroatoms. The SMILES string of the molecule is COC(=O)[C@@H]1CC2CN1C(=O)[C@H](C(C)(C)C)NC(=O)O[C@@H]1C[C@H]1CCCCCc1nc3ccc(OC)cc3nc1O2. The molecule has 3 aliphatic rings. The van der Waals surface area contributed by atoms with Crippen LogP contribution in [0.3, 0.4) is 0 Å². The second kappa shape index (κ2) is 11.7. The number of esters is 1. The highest BCUT2D eigenvalue weighted by molar-refractivity contribution is 5.91. The summed E-state index contributed by atoms with van der Waals surface area (Å²) in [4.78, 5) is 50.8. The van der Waals surface area contributed by atoms with Crippen molar-refractivity contribution >= 4 is 29.0 Å². The Bertz CT molecular complexity index is 1310. The lowest BCUT2D eigenvalue weighted by molar-refractivity contribution is -0.152. The maximum Gasteiger partial charge on any atom is 0.408 e. The first-order chi connectivity index (χ1) is 19.6. The van der Waals surface area contributed by atoms with E-state index in [4.69, 9.17) is 28.9 Å². The summed E-state index contributed by atoms with van der Waals surface area (Å²) in [6, 6.07) is 3.76. The molecule has 5 atom stereocenters. The van der Waals surface area contributed by atoms with Crippen LogP contribution in [0.2, 0.25) is 0 Å². The molecule has 1 aliphatic carbocycles. The molecule has 2 fully saturated rings. The fourth-order valence-corrected chi connectivity index (χ4v) is 5.73. The zero-order valence-electron chi connectivity index (χ0n) is 24.5. The molecule has 1 N–H and O–H groups in total. The van der Waals surface area contributed by atoms with E-state index in [9.17, 15) is 14.4 Å². The van der Waals surface area contributed by atoms with Crippen LogP contribution in [0.1, 0.15) is 65.0 Å². The van der Waals surface area contributed by atoms with E-state index >= 15 is 0 Å². The Kier molecular flexibility index (Phi) is 8.24. The molecule has 222 valence electrons. The van der Waals surface area contributed by atoms with Crippen LogP contribution in [0.25, 0.3) is 11.0 Å². The predicted octanol–water partition coefficient (Wildman–Crippen LogP) is 3.81. The number of nitrogens with one attached hydrogen (secondary N) is 1. The molecule has 0 spiro atoms. The number of aryl methyl sites for hydroxylation is 1. The van der Waals surface area contributed by atoms with Gasteiger partial charge in [0.15, 0.2) is 0 Å². The first-order valence-corrected chi connectivity index (χ1v) is 14.4. The molecule has 41 heavy (non-hydrogen) atoms. The van der Waals surface area contributed by atoms with E-state index in [1.54, 1.807) is 7.11 Å². The van der Waals surface area contributed by atoms with Crippen LogP contribution >= 0.6 is 0 Å². The van der Waals surface area contributed by atoms with Gasteiger partial charge in [-0.3, -0.25) is 4.79 Å². The van der Waals surface area contributed by atoms with Crippen LogP contribution in [0.15, 0.2) is 18.2 Å². The van der Waals surface area contributed by atoms with Crippen LogP contribution in [-0.4, -0.2) is 77.9 Å². The van der Waals surface area contributed by atoms with Crippen LogP contribution in [0.4, 0.5) is 4.79 Å². The third kappa shape index (κ3) is 6.49. The van der Waals surface area contributed by atoms with E-state index < -0.39 is 35.7 Å². The van der Waals surface area contributed by atoms with Crippen molar-refractivity contribution in [2.45, 2.75) is 90.0 Å². The standard InChI is InChI=1S/C30H40N4O7/c1-30(2,3)25-27(35)34-16-19(15-23(34)28(36)39-5)40-26-21(31-20-12-11-18(38-4)14-22(20)32-26)10-8-6-7-9-17-13-24(17)41-29(37)33-25/h11-12,14,17,19,23-25H,6-10,13,15-16H2,1-5H3,(H,33,37)/t17-,19?,23+,24-,25-/m1/s1. The van der Waals surface area contributed by atoms with Gasteiger partial charge in [0.25, 0.3) is 0 Å². The average molecular weight is 569 g/mol. The van der Waals surface area contributed by atoms with Gasteiger partial charge in [-0.15, -0.1) is 0 Å². The van der Waals surface area contributed by atoms with Crippen molar-refractivity contribution in [2.24, 2.45) is 11.3 Å². The van der Waals surface area contributed by atoms with Gasteiger partial charge in [-0.2, -0.15) is 0 Å². The number of carbonyl (C=O) groups is 3. The molecule has 1 saturated heterocycles. The van der Waals surface area contributed by atoms with Crippen molar-refractivity contribution in [3.63, 3.8) is 0 Å². The van der Waals surface area contributed by atoms with Gasteiger partial charge in [0.1, 0.15) is 35.7 Å². The molecule has 3 heterocycles. The summed E-state index contributed by atoms with van der Waals surface area (Å²) in [7, 11) is 2.89. The van der Waals surface area contributed by atoms with Crippen molar-refractivity contribution in [1.29, 1.82) is 0 Å². The lowest BCUT2D eigenvalue weighted by Gasteiger charge is -2.34. The topological polar surface area (TPSA) is 129 Å². The van der Waals surface area contributed by atoms with Gasteiger partial charge >= 0.3 is 12.1 Å². The molecule has 1 aromatic carbocycles. The Morgan fingerprint density at radius 1 is 1.05 bits per heavy atom.